The molecule has 1 aromatic rings. The van der Waals surface area contributed by atoms with Crippen molar-refractivity contribution >= 4 is 37.5 Å². The van der Waals surface area contributed by atoms with Gasteiger partial charge in [0.05, 0.1) is 5.69 Å². The first-order valence-corrected chi connectivity index (χ1v) is 7.14. The molecule has 0 spiro atoms. The molecule has 1 heterocycles. The Labute approximate surface area is 114 Å². The van der Waals surface area contributed by atoms with E-state index in [2.05, 4.69) is 61.3 Å². The molecular weight excluding hydrogens is 332 g/mol. The highest BCUT2D eigenvalue weighted by molar-refractivity contribution is 9.11. The van der Waals surface area contributed by atoms with E-state index in [1.165, 1.54) is 31.6 Å². The van der Waals surface area contributed by atoms with Crippen molar-refractivity contribution in [2.75, 3.05) is 25.5 Å². The molecule has 1 saturated heterocycles. The van der Waals surface area contributed by atoms with Gasteiger partial charge in [-0.2, -0.15) is 0 Å². The average Bonchev–Trinajstić information content (AvgIpc) is 2.26. The number of hydrogen-bond donors (Lipinski definition) is 1. The van der Waals surface area contributed by atoms with Crippen LogP contribution in [0.15, 0.2) is 27.1 Å². The molecule has 2 nitrogen and oxygen atoms in total. The highest BCUT2D eigenvalue weighted by atomic mass is 79.9. The number of halogens is 2. The maximum Gasteiger partial charge on any atom is 0.0631 e. The van der Waals surface area contributed by atoms with Gasteiger partial charge in [-0.3, -0.25) is 0 Å². The predicted octanol–water partition coefficient (Wildman–Crippen LogP) is 3.72. The fourth-order valence-electron chi connectivity index (χ4n) is 1.99. The van der Waals surface area contributed by atoms with Crippen molar-refractivity contribution in [3.8, 4) is 0 Å². The second kappa shape index (κ2) is 5.52. The highest BCUT2D eigenvalue weighted by Gasteiger charge is 2.17. The number of para-hydroxylation sites is 1. The van der Waals surface area contributed by atoms with E-state index in [0.717, 1.165) is 8.95 Å². The van der Waals surface area contributed by atoms with Crippen LogP contribution in [0.1, 0.15) is 12.8 Å². The zero-order valence-electron chi connectivity index (χ0n) is 9.34. The Balaban J connectivity index is 2.04. The van der Waals surface area contributed by atoms with Crippen LogP contribution >= 0.6 is 31.9 Å². The van der Waals surface area contributed by atoms with Crippen LogP contribution in [0.2, 0.25) is 0 Å². The molecule has 2 rings (SSSR count). The van der Waals surface area contributed by atoms with Crippen molar-refractivity contribution in [2.24, 2.45) is 0 Å². The smallest absolute Gasteiger partial charge is 0.0631 e. The number of piperidine rings is 1. The fourth-order valence-corrected chi connectivity index (χ4v) is 3.22. The molecule has 0 bridgehead atoms. The van der Waals surface area contributed by atoms with Crippen molar-refractivity contribution in [1.29, 1.82) is 0 Å². The summed E-state index contributed by atoms with van der Waals surface area (Å²) in [6, 6.07) is 6.77. The van der Waals surface area contributed by atoms with Crippen molar-refractivity contribution in [2.45, 2.75) is 18.9 Å². The third kappa shape index (κ3) is 2.99. The van der Waals surface area contributed by atoms with E-state index >= 15 is 0 Å². The molecule has 1 aliphatic heterocycles. The molecule has 1 N–H and O–H groups in total. The molecule has 1 aromatic carbocycles. The molecule has 0 saturated carbocycles. The number of benzene rings is 1. The average molecular weight is 348 g/mol. The highest BCUT2D eigenvalue weighted by Crippen LogP contribution is 2.32. The SMILES string of the molecule is CN1CCC(Nc2c(Br)cccc2Br)CC1. The van der Waals surface area contributed by atoms with Crippen LogP contribution in [-0.4, -0.2) is 31.1 Å². The lowest BCUT2D eigenvalue weighted by molar-refractivity contribution is 0.264. The number of nitrogens with zero attached hydrogens (tertiary/aromatic N) is 1. The molecule has 1 fully saturated rings. The standard InChI is InChI=1S/C12H16Br2N2/c1-16-7-5-9(6-8-16)15-12-10(13)3-2-4-11(12)14/h2-4,9,15H,5-8H2,1H3. The number of hydrogen-bond acceptors (Lipinski definition) is 2. The lowest BCUT2D eigenvalue weighted by Gasteiger charge is -2.30. The van der Waals surface area contributed by atoms with Gasteiger partial charge in [0.25, 0.3) is 0 Å². The first-order chi connectivity index (χ1) is 7.66. The lowest BCUT2D eigenvalue weighted by atomic mass is 10.1. The lowest BCUT2D eigenvalue weighted by Crippen LogP contribution is -2.36. The largest absolute Gasteiger partial charge is 0.380 e. The third-order valence-electron chi connectivity index (χ3n) is 3.03. The van der Waals surface area contributed by atoms with Crippen LogP contribution in [0.25, 0.3) is 0 Å². The molecule has 0 aromatic heterocycles. The maximum atomic E-state index is 3.62. The van der Waals surface area contributed by atoms with E-state index < -0.39 is 0 Å². The van der Waals surface area contributed by atoms with Crippen molar-refractivity contribution < 1.29 is 0 Å². The Morgan fingerprint density at radius 2 is 1.75 bits per heavy atom. The van der Waals surface area contributed by atoms with Crippen LogP contribution in [0.3, 0.4) is 0 Å². The van der Waals surface area contributed by atoms with Crippen LogP contribution in [0.5, 0.6) is 0 Å². The minimum Gasteiger partial charge on any atom is -0.380 e. The molecule has 0 aliphatic carbocycles. The van der Waals surface area contributed by atoms with Gasteiger partial charge < -0.3 is 10.2 Å². The van der Waals surface area contributed by atoms with Gasteiger partial charge in [-0.05, 0) is 77.0 Å². The summed E-state index contributed by atoms with van der Waals surface area (Å²) in [4.78, 5) is 2.38. The molecule has 0 amide bonds. The third-order valence-corrected chi connectivity index (χ3v) is 4.35. The van der Waals surface area contributed by atoms with E-state index in [4.69, 9.17) is 0 Å². The Bertz CT molecular complexity index is 340. The molecule has 1 aliphatic rings. The Hall–Kier alpha value is -0.0600. The molecule has 4 heteroatoms. The van der Waals surface area contributed by atoms with E-state index in [1.807, 2.05) is 6.07 Å². The van der Waals surface area contributed by atoms with Gasteiger partial charge >= 0.3 is 0 Å². The summed E-state index contributed by atoms with van der Waals surface area (Å²) in [7, 11) is 2.19. The van der Waals surface area contributed by atoms with Crippen LogP contribution in [0, 0.1) is 0 Å². The normalized spacial score (nSPS) is 18.7. The van der Waals surface area contributed by atoms with Crippen molar-refractivity contribution in [3.63, 3.8) is 0 Å². The monoisotopic (exact) mass is 346 g/mol. The van der Waals surface area contributed by atoms with Crippen LogP contribution in [0.4, 0.5) is 5.69 Å². The quantitative estimate of drug-likeness (QED) is 0.877. The van der Waals surface area contributed by atoms with Crippen LogP contribution < -0.4 is 5.32 Å². The van der Waals surface area contributed by atoms with Gasteiger partial charge in [-0.15, -0.1) is 0 Å². The van der Waals surface area contributed by atoms with E-state index in [0.29, 0.717) is 6.04 Å². The number of likely N-dealkylation sites (tertiary alicyclic amines) is 1. The summed E-state index contributed by atoms with van der Waals surface area (Å²) in [5.41, 5.74) is 1.18. The van der Waals surface area contributed by atoms with E-state index in [9.17, 15) is 0 Å². The molecule has 16 heavy (non-hydrogen) atoms. The fraction of sp³-hybridized carbons (Fsp3) is 0.500. The first-order valence-electron chi connectivity index (χ1n) is 5.56. The first kappa shape index (κ1) is 12.4. The number of rotatable bonds is 2. The Morgan fingerprint density at radius 1 is 1.19 bits per heavy atom. The summed E-state index contributed by atoms with van der Waals surface area (Å²) >= 11 is 7.17. The van der Waals surface area contributed by atoms with Gasteiger partial charge in [0.2, 0.25) is 0 Å². The van der Waals surface area contributed by atoms with Crippen molar-refractivity contribution in [1.82, 2.24) is 4.90 Å². The Kier molecular flexibility index (Phi) is 4.27. The molecular formula is C12H16Br2N2. The zero-order chi connectivity index (χ0) is 11.5. The second-order valence-electron chi connectivity index (χ2n) is 4.32. The minimum absolute atomic E-state index is 0.589. The summed E-state index contributed by atoms with van der Waals surface area (Å²) in [5, 5.41) is 3.62. The van der Waals surface area contributed by atoms with Crippen LogP contribution in [-0.2, 0) is 0 Å². The van der Waals surface area contributed by atoms with Gasteiger partial charge in [-0.1, -0.05) is 6.07 Å². The van der Waals surface area contributed by atoms with Gasteiger partial charge in [0.15, 0.2) is 0 Å². The Morgan fingerprint density at radius 3 is 2.31 bits per heavy atom. The van der Waals surface area contributed by atoms with Gasteiger partial charge in [0.1, 0.15) is 0 Å². The van der Waals surface area contributed by atoms with Gasteiger partial charge in [0, 0.05) is 15.0 Å². The predicted molar refractivity (Wildman–Crippen MR) is 76.0 cm³/mol. The molecule has 0 atom stereocenters. The minimum atomic E-state index is 0.589. The summed E-state index contributed by atoms with van der Waals surface area (Å²) in [5.74, 6) is 0. The molecule has 0 radical (unpaired) electrons. The molecule has 88 valence electrons. The summed E-state index contributed by atoms with van der Waals surface area (Å²) in [6.45, 7) is 2.36. The number of anilines is 1. The zero-order valence-corrected chi connectivity index (χ0v) is 12.5. The molecule has 0 unspecified atom stereocenters. The van der Waals surface area contributed by atoms with E-state index in [-0.39, 0.29) is 0 Å². The summed E-state index contributed by atoms with van der Waals surface area (Å²) < 4.78 is 2.25. The number of nitrogens with one attached hydrogen (secondary N) is 1. The maximum absolute atomic E-state index is 3.62. The van der Waals surface area contributed by atoms with Gasteiger partial charge in [-0.25, -0.2) is 0 Å². The summed E-state index contributed by atoms with van der Waals surface area (Å²) in [6.07, 6.45) is 2.43. The van der Waals surface area contributed by atoms with Crippen molar-refractivity contribution in [3.05, 3.63) is 27.1 Å². The van der Waals surface area contributed by atoms with E-state index in [1.54, 1.807) is 0 Å². The second-order valence-corrected chi connectivity index (χ2v) is 6.03. The topological polar surface area (TPSA) is 15.3 Å².